The molecule has 2 aromatic rings. The molecule has 1 N–H and O–H groups in total. The lowest BCUT2D eigenvalue weighted by atomic mass is 9.98. The molecule has 2 unspecified atom stereocenters. The van der Waals surface area contributed by atoms with Crippen LogP contribution in [0.3, 0.4) is 0 Å². The highest BCUT2D eigenvalue weighted by atomic mass is 16.5. The summed E-state index contributed by atoms with van der Waals surface area (Å²) >= 11 is 0. The number of amides is 3. The van der Waals surface area contributed by atoms with Crippen molar-refractivity contribution in [1.82, 2.24) is 15.1 Å². The Morgan fingerprint density at radius 1 is 1.03 bits per heavy atom. The normalized spacial score (nSPS) is 22.6. The Bertz CT molecular complexity index is 1050. The minimum absolute atomic E-state index is 0.108. The topological polar surface area (TPSA) is 78.9 Å². The van der Waals surface area contributed by atoms with Crippen LogP contribution >= 0.6 is 0 Å². The first kappa shape index (κ1) is 20.7. The summed E-state index contributed by atoms with van der Waals surface area (Å²) < 4.78 is 5.44. The number of hydrogen-bond acceptors (Lipinski definition) is 5. The van der Waals surface area contributed by atoms with Gasteiger partial charge in [0.25, 0.3) is 17.7 Å². The van der Waals surface area contributed by atoms with Crippen LogP contribution in [0.4, 0.5) is 0 Å². The lowest BCUT2D eigenvalue weighted by molar-refractivity contribution is 0.0642. The fourth-order valence-electron chi connectivity index (χ4n) is 5.26. The summed E-state index contributed by atoms with van der Waals surface area (Å²) in [6, 6.07) is 12.6. The number of methoxy groups -OCH3 is 1. The van der Waals surface area contributed by atoms with Crippen LogP contribution in [0.5, 0.6) is 5.75 Å². The number of fused-ring (bicyclic) bond motifs is 2. The van der Waals surface area contributed by atoms with E-state index in [1.807, 2.05) is 0 Å². The van der Waals surface area contributed by atoms with Gasteiger partial charge in [0.05, 0.1) is 30.3 Å². The van der Waals surface area contributed by atoms with Crippen molar-refractivity contribution in [2.24, 2.45) is 0 Å². The molecule has 2 saturated heterocycles. The zero-order valence-corrected chi connectivity index (χ0v) is 18.2. The quantitative estimate of drug-likeness (QED) is 0.734. The van der Waals surface area contributed by atoms with E-state index in [1.165, 1.54) is 24.9 Å². The minimum Gasteiger partial charge on any atom is -0.496 e. The molecule has 0 aliphatic carbocycles. The third kappa shape index (κ3) is 3.56. The lowest BCUT2D eigenvalue weighted by Gasteiger charge is -2.32. The summed E-state index contributed by atoms with van der Waals surface area (Å²) in [7, 11) is 1.54. The molecule has 5 rings (SSSR count). The van der Waals surface area contributed by atoms with E-state index in [-0.39, 0.29) is 30.3 Å². The number of carbonyl (C=O) groups excluding carboxylic acids is 3. The molecule has 2 atom stereocenters. The number of nitrogens with zero attached hydrogens (tertiary/aromatic N) is 2. The van der Waals surface area contributed by atoms with Gasteiger partial charge in [0.2, 0.25) is 0 Å². The van der Waals surface area contributed by atoms with Crippen molar-refractivity contribution < 1.29 is 19.1 Å². The maximum Gasteiger partial charge on any atom is 0.261 e. The molecular weight excluding hydrogens is 406 g/mol. The Kier molecular flexibility index (Phi) is 5.43. The summed E-state index contributed by atoms with van der Waals surface area (Å²) in [5.74, 6) is -0.317. The van der Waals surface area contributed by atoms with Gasteiger partial charge in [0.15, 0.2) is 0 Å². The van der Waals surface area contributed by atoms with Crippen molar-refractivity contribution >= 4 is 17.7 Å². The van der Waals surface area contributed by atoms with Gasteiger partial charge < -0.3 is 10.1 Å². The second-order valence-corrected chi connectivity index (χ2v) is 8.74. The molecular formula is C25H27N3O4. The molecule has 2 aromatic carbocycles. The summed E-state index contributed by atoms with van der Waals surface area (Å²) in [5, 5.41) is 3.21. The van der Waals surface area contributed by atoms with Crippen molar-refractivity contribution in [3.63, 3.8) is 0 Å². The van der Waals surface area contributed by atoms with Gasteiger partial charge in [-0.2, -0.15) is 0 Å². The molecule has 166 valence electrons. The zero-order chi connectivity index (χ0) is 22.2. The van der Waals surface area contributed by atoms with Gasteiger partial charge in [0, 0.05) is 18.6 Å². The van der Waals surface area contributed by atoms with Gasteiger partial charge in [-0.1, -0.05) is 24.6 Å². The molecule has 0 saturated carbocycles. The average Bonchev–Trinajstić information content (AvgIpc) is 3.34. The predicted octanol–water partition coefficient (Wildman–Crippen LogP) is 2.85. The number of nitrogens with one attached hydrogen (secondary N) is 1. The summed E-state index contributed by atoms with van der Waals surface area (Å²) in [6.07, 6.45) is 4.49. The van der Waals surface area contributed by atoms with E-state index in [2.05, 4.69) is 10.2 Å². The predicted molar refractivity (Wildman–Crippen MR) is 119 cm³/mol. The van der Waals surface area contributed by atoms with E-state index < -0.39 is 0 Å². The second kappa shape index (κ2) is 8.39. The number of benzene rings is 2. The summed E-state index contributed by atoms with van der Waals surface area (Å²) in [4.78, 5) is 42.3. The first-order chi connectivity index (χ1) is 15.6. The van der Waals surface area contributed by atoms with Gasteiger partial charge in [-0.3, -0.25) is 24.2 Å². The fourth-order valence-corrected chi connectivity index (χ4v) is 5.26. The third-order valence-corrected chi connectivity index (χ3v) is 6.90. The van der Waals surface area contributed by atoms with Crippen LogP contribution in [0.25, 0.3) is 0 Å². The molecule has 0 bridgehead atoms. The van der Waals surface area contributed by atoms with Crippen LogP contribution in [0.2, 0.25) is 0 Å². The number of carbonyl (C=O) groups is 3. The fraction of sp³-hybridized carbons (Fsp3) is 0.400. The van der Waals surface area contributed by atoms with Crippen LogP contribution in [-0.2, 0) is 6.54 Å². The van der Waals surface area contributed by atoms with Crippen molar-refractivity contribution in [1.29, 1.82) is 0 Å². The number of piperidine rings is 1. The van der Waals surface area contributed by atoms with Crippen LogP contribution in [0, 0.1) is 0 Å². The molecule has 3 aliphatic rings. The monoisotopic (exact) mass is 433 g/mol. The van der Waals surface area contributed by atoms with Crippen LogP contribution < -0.4 is 10.1 Å². The molecule has 0 radical (unpaired) electrons. The first-order valence-electron chi connectivity index (χ1n) is 11.2. The van der Waals surface area contributed by atoms with Gasteiger partial charge in [-0.05, 0) is 55.6 Å². The molecule has 7 nitrogen and oxygen atoms in total. The highest BCUT2D eigenvalue weighted by Crippen LogP contribution is 2.29. The molecule has 7 heteroatoms. The van der Waals surface area contributed by atoms with E-state index in [1.54, 1.807) is 42.5 Å². The van der Waals surface area contributed by atoms with Crippen molar-refractivity contribution in [3.05, 3.63) is 64.7 Å². The number of ether oxygens (including phenoxy) is 1. The standard InChI is InChI=1S/C25H27N3O4/c1-32-22-10-9-16(15-28-24(30)17-6-2-3-7-18(17)25(28)31)14-19(22)23(29)26-20-11-13-27-12-5-4-8-21(20)27/h2-3,6-7,9-10,14,20-21H,4-5,8,11-13,15H2,1H3,(H,26,29). The average molecular weight is 434 g/mol. The maximum atomic E-state index is 13.2. The van der Waals surface area contributed by atoms with Crippen LogP contribution in [0.15, 0.2) is 42.5 Å². The van der Waals surface area contributed by atoms with E-state index in [0.717, 1.165) is 25.9 Å². The summed E-state index contributed by atoms with van der Waals surface area (Å²) in [6.45, 7) is 2.24. The van der Waals surface area contributed by atoms with Crippen LogP contribution in [0.1, 0.15) is 62.3 Å². The molecule has 32 heavy (non-hydrogen) atoms. The first-order valence-corrected chi connectivity index (χ1v) is 11.2. The number of imide groups is 1. The third-order valence-electron chi connectivity index (χ3n) is 6.90. The van der Waals surface area contributed by atoms with E-state index in [9.17, 15) is 14.4 Å². The molecule has 2 fully saturated rings. The lowest BCUT2D eigenvalue weighted by Crippen LogP contribution is -2.46. The SMILES string of the molecule is COc1ccc(CN2C(=O)c3ccccc3C2=O)cc1C(=O)NC1CCN2CCCCC12. The molecule has 3 heterocycles. The Balaban J connectivity index is 1.35. The summed E-state index contributed by atoms with van der Waals surface area (Å²) in [5.41, 5.74) is 1.97. The second-order valence-electron chi connectivity index (χ2n) is 8.74. The Morgan fingerprint density at radius 2 is 1.78 bits per heavy atom. The Morgan fingerprint density at radius 3 is 2.50 bits per heavy atom. The smallest absolute Gasteiger partial charge is 0.261 e. The molecule has 3 amide bonds. The van der Waals surface area contributed by atoms with Gasteiger partial charge in [-0.15, -0.1) is 0 Å². The van der Waals surface area contributed by atoms with Crippen molar-refractivity contribution in [2.75, 3.05) is 20.2 Å². The molecule has 0 spiro atoms. The molecule has 0 aromatic heterocycles. The van der Waals surface area contributed by atoms with Crippen molar-refractivity contribution in [3.8, 4) is 5.75 Å². The number of rotatable bonds is 5. The zero-order valence-electron chi connectivity index (χ0n) is 18.2. The van der Waals surface area contributed by atoms with E-state index in [4.69, 9.17) is 4.74 Å². The Labute approximate surface area is 187 Å². The highest BCUT2D eigenvalue weighted by molar-refractivity contribution is 6.21. The van der Waals surface area contributed by atoms with E-state index in [0.29, 0.717) is 34.0 Å². The van der Waals surface area contributed by atoms with Gasteiger partial charge in [0.1, 0.15) is 5.75 Å². The highest BCUT2D eigenvalue weighted by Gasteiger charge is 2.37. The van der Waals surface area contributed by atoms with Crippen LogP contribution in [-0.4, -0.2) is 59.8 Å². The number of hydrogen-bond donors (Lipinski definition) is 1. The van der Waals surface area contributed by atoms with Gasteiger partial charge >= 0.3 is 0 Å². The largest absolute Gasteiger partial charge is 0.496 e. The Hall–Kier alpha value is -3.19. The minimum atomic E-state index is -0.309. The molecule has 3 aliphatic heterocycles. The van der Waals surface area contributed by atoms with Crippen molar-refractivity contribution in [2.45, 2.75) is 44.3 Å². The van der Waals surface area contributed by atoms with Gasteiger partial charge in [-0.25, -0.2) is 0 Å². The maximum absolute atomic E-state index is 13.2. The van der Waals surface area contributed by atoms with E-state index >= 15 is 0 Å².